The molecule has 1 N–H and O–H groups in total. The number of carbonyl (C=O) groups is 4. The third-order valence-electron chi connectivity index (χ3n) is 13.2. The Morgan fingerprint density at radius 1 is 0.768 bits per heavy atom. The standard InChI is InChI=1S/C44H47ClN6O5/c45-39-24-34(4-1-30(39)25-46)50-32-5-6-33(50)22-36(21-32)56-35-8-2-28(3-9-35)29-15-17-48(18-16-29)26-27-13-19-49(20-14-27)31-7-10-37-38(23-31)44(55)51(43(37)54)40-11-12-41(52)47-42(40)53/h1-4,7-10,23-24,27,29,32-33,36,40H,5-6,11-22,26H2,(H,47,52,53)/t32-,33+,36-,40?. The maximum absolute atomic E-state index is 13.3. The van der Waals surface area contributed by atoms with Gasteiger partial charge in [0.05, 0.1) is 21.7 Å². The Bertz CT molecular complexity index is 2070. The number of benzene rings is 3. The molecule has 9 rings (SSSR count). The molecule has 0 aliphatic carbocycles. The highest BCUT2D eigenvalue weighted by molar-refractivity contribution is 6.32. The van der Waals surface area contributed by atoms with E-state index < -0.39 is 23.8 Å². The number of likely N-dealkylation sites (tertiary alicyclic amines) is 1. The summed E-state index contributed by atoms with van der Waals surface area (Å²) in [5.41, 5.74) is 4.60. The second-order valence-electron chi connectivity index (χ2n) is 16.5. The molecule has 6 aliphatic heterocycles. The Kier molecular flexibility index (Phi) is 9.96. The summed E-state index contributed by atoms with van der Waals surface area (Å²) in [6, 6.07) is 22.1. The molecule has 5 saturated heterocycles. The van der Waals surface area contributed by atoms with Crippen molar-refractivity contribution in [3.63, 3.8) is 0 Å². The van der Waals surface area contributed by atoms with E-state index in [1.54, 1.807) is 12.1 Å². The topological polar surface area (TPSA) is 126 Å². The molecule has 4 amide bonds. The number of halogens is 1. The molecule has 0 aromatic heterocycles. The van der Waals surface area contributed by atoms with Crippen molar-refractivity contribution in [3.8, 4) is 11.8 Å². The van der Waals surface area contributed by atoms with E-state index in [-0.39, 0.29) is 24.9 Å². The first-order chi connectivity index (χ1) is 27.2. The maximum Gasteiger partial charge on any atom is 0.262 e. The highest BCUT2D eigenvalue weighted by atomic mass is 35.5. The Balaban J connectivity index is 0.724. The van der Waals surface area contributed by atoms with Gasteiger partial charge in [-0.15, -0.1) is 0 Å². The summed E-state index contributed by atoms with van der Waals surface area (Å²) in [4.78, 5) is 59.0. The van der Waals surface area contributed by atoms with Gasteiger partial charge in [-0.1, -0.05) is 23.7 Å². The van der Waals surface area contributed by atoms with Crippen molar-refractivity contribution >= 4 is 46.6 Å². The summed E-state index contributed by atoms with van der Waals surface area (Å²) in [6.07, 6.45) is 9.16. The van der Waals surface area contributed by atoms with Crippen LogP contribution in [-0.2, 0) is 9.59 Å². The molecule has 4 atom stereocenters. The van der Waals surface area contributed by atoms with E-state index in [1.165, 1.54) is 5.56 Å². The van der Waals surface area contributed by atoms with Gasteiger partial charge in [-0.2, -0.15) is 5.26 Å². The first-order valence-corrected chi connectivity index (χ1v) is 20.7. The van der Waals surface area contributed by atoms with Crippen LogP contribution in [0.2, 0.25) is 5.02 Å². The van der Waals surface area contributed by atoms with Gasteiger partial charge >= 0.3 is 0 Å². The molecule has 11 nitrogen and oxygen atoms in total. The normalized spacial score (nSPS) is 26.0. The number of carbonyl (C=O) groups excluding carboxylic acids is 4. The van der Waals surface area contributed by atoms with Crippen molar-refractivity contribution in [3.05, 3.63) is 87.9 Å². The summed E-state index contributed by atoms with van der Waals surface area (Å²) in [5, 5.41) is 12.0. The number of hydrogen-bond donors (Lipinski definition) is 1. The van der Waals surface area contributed by atoms with Crippen LogP contribution in [0.3, 0.4) is 0 Å². The third-order valence-corrected chi connectivity index (χ3v) is 13.5. The quantitative estimate of drug-likeness (QED) is 0.263. The lowest BCUT2D eigenvalue weighted by molar-refractivity contribution is -0.136. The minimum atomic E-state index is -0.955. The molecule has 1 unspecified atom stereocenters. The zero-order chi connectivity index (χ0) is 38.5. The number of imide groups is 2. The van der Waals surface area contributed by atoms with Gasteiger partial charge < -0.3 is 19.4 Å². The van der Waals surface area contributed by atoms with E-state index in [4.69, 9.17) is 16.3 Å². The van der Waals surface area contributed by atoms with Gasteiger partial charge in [0, 0.05) is 62.4 Å². The van der Waals surface area contributed by atoms with E-state index in [1.807, 2.05) is 24.3 Å². The van der Waals surface area contributed by atoms with Crippen molar-refractivity contribution in [1.29, 1.82) is 5.26 Å². The molecule has 0 spiro atoms. The molecular weight excluding hydrogens is 728 g/mol. The molecule has 0 saturated carbocycles. The van der Waals surface area contributed by atoms with Crippen LogP contribution in [0.15, 0.2) is 60.7 Å². The highest BCUT2D eigenvalue weighted by Crippen LogP contribution is 2.42. The average Bonchev–Trinajstić information content (AvgIpc) is 3.62. The number of amides is 4. The van der Waals surface area contributed by atoms with E-state index in [9.17, 15) is 24.4 Å². The molecule has 3 aromatic carbocycles. The van der Waals surface area contributed by atoms with Crippen LogP contribution >= 0.6 is 11.6 Å². The second kappa shape index (κ2) is 15.2. The SMILES string of the molecule is N#Cc1ccc(N2[C@@H]3CC[C@H]2C[C@H](Oc2ccc(C4CCN(CC5CCN(c6ccc7c(c6)C(=O)N(C6CCC(=O)NC6=O)C7=O)CC5)CC4)cc2)C3)cc1Cl. The van der Waals surface area contributed by atoms with Gasteiger partial charge in [0.15, 0.2) is 0 Å². The summed E-state index contributed by atoms with van der Waals surface area (Å²) < 4.78 is 6.56. The average molecular weight is 775 g/mol. The zero-order valence-electron chi connectivity index (χ0n) is 31.5. The first kappa shape index (κ1) is 36.7. The number of nitriles is 1. The maximum atomic E-state index is 13.3. The van der Waals surface area contributed by atoms with E-state index in [0.717, 1.165) is 106 Å². The van der Waals surface area contributed by atoms with Crippen LogP contribution < -0.4 is 19.9 Å². The second-order valence-corrected chi connectivity index (χ2v) is 16.9. The number of ether oxygens (including phenoxy) is 1. The summed E-state index contributed by atoms with van der Waals surface area (Å²) in [7, 11) is 0. The van der Waals surface area contributed by atoms with E-state index >= 15 is 0 Å². The largest absolute Gasteiger partial charge is 0.490 e. The fourth-order valence-electron chi connectivity index (χ4n) is 10.3. The fourth-order valence-corrected chi connectivity index (χ4v) is 10.5. The minimum Gasteiger partial charge on any atom is -0.490 e. The zero-order valence-corrected chi connectivity index (χ0v) is 32.3. The lowest BCUT2D eigenvalue weighted by Gasteiger charge is -2.40. The minimum absolute atomic E-state index is 0.106. The predicted octanol–water partition coefficient (Wildman–Crippen LogP) is 6.29. The van der Waals surface area contributed by atoms with Crippen molar-refractivity contribution in [2.75, 3.05) is 42.5 Å². The number of anilines is 2. The highest BCUT2D eigenvalue weighted by Gasteiger charge is 2.45. The number of fused-ring (bicyclic) bond motifs is 3. The van der Waals surface area contributed by atoms with Crippen molar-refractivity contribution in [2.45, 2.75) is 94.4 Å². The lowest BCUT2D eigenvalue weighted by Crippen LogP contribution is -2.54. The van der Waals surface area contributed by atoms with Gasteiger partial charge in [-0.05, 0) is 124 Å². The van der Waals surface area contributed by atoms with Crippen molar-refractivity contribution < 1.29 is 23.9 Å². The van der Waals surface area contributed by atoms with Crippen LogP contribution in [-0.4, -0.2) is 90.4 Å². The van der Waals surface area contributed by atoms with Crippen LogP contribution in [0.1, 0.15) is 102 Å². The third kappa shape index (κ3) is 7.03. The molecule has 6 heterocycles. The Morgan fingerprint density at radius 2 is 1.46 bits per heavy atom. The van der Waals surface area contributed by atoms with Gasteiger partial charge in [-0.3, -0.25) is 29.4 Å². The molecule has 56 heavy (non-hydrogen) atoms. The Hall–Kier alpha value is -4.92. The number of nitrogens with one attached hydrogen (secondary N) is 1. The number of nitrogens with zero attached hydrogens (tertiary/aromatic N) is 5. The van der Waals surface area contributed by atoms with Crippen LogP contribution in [0, 0.1) is 17.2 Å². The number of rotatable bonds is 8. The monoisotopic (exact) mass is 774 g/mol. The van der Waals surface area contributed by atoms with Crippen LogP contribution in [0.5, 0.6) is 5.75 Å². The predicted molar refractivity (Wildman–Crippen MR) is 212 cm³/mol. The van der Waals surface area contributed by atoms with Gasteiger partial charge in [0.1, 0.15) is 24.0 Å². The van der Waals surface area contributed by atoms with Crippen LogP contribution in [0.25, 0.3) is 0 Å². The molecule has 5 fully saturated rings. The number of hydrogen-bond acceptors (Lipinski definition) is 9. The summed E-state index contributed by atoms with van der Waals surface area (Å²) >= 11 is 6.37. The summed E-state index contributed by atoms with van der Waals surface area (Å²) in [5.74, 6) is 0.218. The van der Waals surface area contributed by atoms with E-state index in [0.29, 0.717) is 45.6 Å². The molecule has 3 aromatic rings. The smallest absolute Gasteiger partial charge is 0.262 e. The molecule has 12 heteroatoms. The van der Waals surface area contributed by atoms with Gasteiger partial charge in [0.2, 0.25) is 11.8 Å². The summed E-state index contributed by atoms with van der Waals surface area (Å²) in [6.45, 7) is 5.07. The molecule has 6 aliphatic rings. The Labute approximate surface area is 332 Å². The van der Waals surface area contributed by atoms with Crippen molar-refractivity contribution in [1.82, 2.24) is 15.1 Å². The lowest BCUT2D eigenvalue weighted by atomic mass is 9.88. The Morgan fingerprint density at radius 3 is 2.14 bits per heavy atom. The fraction of sp³-hybridized carbons (Fsp3) is 0.477. The molecule has 0 radical (unpaired) electrons. The molecule has 290 valence electrons. The van der Waals surface area contributed by atoms with Crippen molar-refractivity contribution in [2.24, 2.45) is 5.92 Å². The van der Waals surface area contributed by atoms with Crippen LogP contribution in [0.4, 0.5) is 11.4 Å². The van der Waals surface area contributed by atoms with Gasteiger partial charge in [0.25, 0.3) is 11.8 Å². The molecule has 2 bridgehead atoms. The molecular formula is C44H47ClN6O5. The number of piperidine rings is 4. The first-order valence-electron chi connectivity index (χ1n) is 20.3. The van der Waals surface area contributed by atoms with E-state index in [2.05, 4.69) is 50.4 Å². The van der Waals surface area contributed by atoms with Gasteiger partial charge in [-0.25, -0.2) is 0 Å².